The van der Waals surface area contributed by atoms with Gasteiger partial charge in [0.25, 0.3) is 11.5 Å². The van der Waals surface area contributed by atoms with Crippen molar-refractivity contribution in [3.05, 3.63) is 96.0 Å². The van der Waals surface area contributed by atoms with E-state index in [-0.39, 0.29) is 38.5 Å². The molecule has 1 amide bonds. The number of anilines is 1. The third kappa shape index (κ3) is 5.25. The number of likely N-dealkylation sites (tertiary alicyclic amines) is 1. The van der Waals surface area contributed by atoms with Crippen LogP contribution in [0.2, 0.25) is 10.0 Å². The van der Waals surface area contributed by atoms with Gasteiger partial charge in [-0.2, -0.15) is 0 Å². The largest absolute Gasteiger partial charge is 0.481 e. The summed E-state index contributed by atoms with van der Waals surface area (Å²) in [5.41, 5.74) is 1.39. The molecule has 2 aliphatic rings. The van der Waals surface area contributed by atoms with Crippen LogP contribution in [0.5, 0.6) is 5.88 Å². The van der Waals surface area contributed by atoms with E-state index in [1.165, 1.54) is 39.4 Å². The van der Waals surface area contributed by atoms with Gasteiger partial charge in [0.15, 0.2) is 0 Å². The maximum Gasteiger partial charge on any atom is 0.330 e. The molecule has 6 rings (SSSR count). The van der Waals surface area contributed by atoms with Crippen molar-refractivity contribution in [2.45, 2.75) is 18.9 Å². The zero-order chi connectivity index (χ0) is 33.0. The number of hydrogen-bond donors (Lipinski definition) is 2. The van der Waals surface area contributed by atoms with Crippen molar-refractivity contribution < 1.29 is 23.8 Å². The van der Waals surface area contributed by atoms with Gasteiger partial charge in [-0.05, 0) is 42.7 Å². The molecule has 1 saturated heterocycles. The van der Waals surface area contributed by atoms with E-state index in [1.54, 1.807) is 12.1 Å². The van der Waals surface area contributed by atoms with Gasteiger partial charge in [0, 0.05) is 61.7 Å². The highest BCUT2D eigenvalue weighted by Crippen LogP contribution is 2.47. The molecule has 1 fully saturated rings. The van der Waals surface area contributed by atoms with Crippen molar-refractivity contribution in [3.63, 3.8) is 0 Å². The molecule has 0 spiro atoms. The molecule has 1 aliphatic heterocycles. The molecule has 4 aromatic rings. The Morgan fingerprint density at radius 1 is 1.09 bits per heavy atom. The topological polar surface area (TPSA) is 136 Å². The van der Waals surface area contributed by atoms with Crippen molar-refractivity contribution in [2.24, 2.45) is 20.0 Å². The predicted molar refractivity (Wildman–Crippen MR) is 170 cm³/mol. The second-order valence-electron chi connectivity index (χ2n) is 11.3. The quantitative estimate of drug-likeness (QED) is 0.294. The number of carbonyl (C=O) groups excluding carboxylic acids is 1. The Morgan fingerprint density at radius 2 is 1.83 bits per heavy atom. The van der Waals surface area contributed by atoms with E-state index in [0.717, 1.165) is 39.3 Å². The molecule has 2 N–H and O–H groups in total. The van der Waals surface area contributed by atoms with Crippen LogP contribution in [0.4, 0.5) is 10.1 Å². The van der Waals surface area contributed by atoms with Gasteiger partial charge in [-0.3, -0.25) is 23.9 Å². The number of nitrogens with zero attached hydrogens (tertiary/aromatic N) is 4. The van der Waals surface area contributed by atoms with Crippen molar-refractivity contribution >= 4 is 40.8 Å². The number of benzene rings is 2. The first-order valence-corrected chi connectivity index (χ1v) is 15.1. The number of amides is 1. The molecule has 1 atom stereocenters. The number of aromatic nitrogens is 3. The summed E-state index contributed by atoms with van der Waals surface area (Å²) in [5, 5.41) is 11.9. The maximum absolute atomic E-state index is 15.5. The Balaban J connectivity index is 1.35. The second-order valence-corrected chi connectivity index (χ2v) is 12.1. The lowest BCUT2D eigenvalue weighted by atomic mass is 9.95. The smallest absolute Gasteiger partial charge is 0.330 e. The summed E-state index contributed by atoms with van der Waals surface area (Å²) in [6.07, 6.45) is 2.64. The highest BCUT2D eigenvalue weighted by atomic mass is 35.5. The zero-order valence-electron chi connectivity index (χ0n) is 24.9. The first-order chi connectivity index (χ1) is 21.9. The minimum Gasteiger partial charge on any atom is -0.481 e. The molecule has 11 nitrogen and oxygen atoms in total. The van der Waals surface area contributed by atoms with E-state index in [4.69, 9.17) is 32.9 Å². The number of aliphatic carboxylic acids is 1. The summed E-state index contributed by atoms with van der Waals surface area (Å²) in [4.78, 5) is 55.9. The number of carbonyl (C=O) groups is 2. The zero-order valence-corrected chi connectivity index (χ0v) is 26.4. The Morgan fingerprint density at radius 3 is 2.52 bits per heavy atom. The average molecular weight is 669 g/mol. The van der Waals surface area contributed by atoms with Gasteiger partial charge < -0.3 is 19.7 Å². The molecule has 238 valence electrons. The lowest BCUT2D eigenvalue weighted by Gasteiger charge is -2.41. The number of halogens is 3. The van der Waals surface area contributed by atoms with Gasteiger partial charge in [0.2, 0.25) is 5.88 Å². The van der Waals surface area contributed by atoms with E-state index < -0.39 is 34.9 Å². The van der Waals surface area contributed by atoms with Gasteiger partial charge in [0.1, 0.15) is 11.4 Å². The number of hydrogen-bond acceptors (Lipinski definition) is 7. The van der Waals surface area contributed by atoms with Gasteiger partial charge in [-0.1, -0.05) is 35.3 Å². The predicted octanol–water partition coefficient (Wildman–Crippen LogP) is 4.52. The number of ether oxygens (including phenoxy) is 1. The number of pyridine rings is 1. The first kappa shape index (κ1) is 31.5. The minimum absolute atomic E-state index is 0.0148. The summed E-state index contributed by atoms with van der Waals surface area (Å²) in [6, 6.07) is 9.24. The maximum atomic E-state index is 15.5. The average Bonchev–Trinajstić information content (AvgIpc) is 3.41. The summed E-state index contributed by atoms with van der Waals surface area (Å²) >= 11 is 13.6. The molecule has 0 radical (unpaired) electrons. The summed E-state index contributed by atoms with van der Waals surface area (Å²) in [7, 11) is 4.19. The summed E-state index contributed by atoms with van der Waals surface area (Å²) < 4.78 is 23.1. The van der Waals surface area contributed by atoms with Crippen LogP contribution in [0.1, 0.15) is 33.9 Å². The SMILES string of the molecule is COc1nc(-c2ccc(F)c(-c3cccc(NC(=O)c4cn(C)c(=O)n(C)c4=O)c3Cl)c2Cl)cc2c1[C@H](N1CC(C(=O)O)C1)CC2. The molecule has 46 heavy (non-hydrogen) atoms. The molecule has 14 heteroatoms. The lowest BCUT2D eigenvalue weighted by molar-refractivity contribution is -0.148. The monoisotopic (exact) mass is 667 g/mol. The second kappa shape index (κ2) is 12.0. The normalized spacial score (nSPS) is 16.2. The molecule has 0 saturated carbocycles. The highest BCUT2D eigenvalue weighted by Gasteiger charge is 2.41. The molecule has 0 bridgehead atoms. The van der Waals surface area contributed by atoms with Crippen LogP contribution < -0.4 is 21.3 Å². The van der Waals surface area contributed by atoms with Crippen molar-refractivity contribution in [3.8, 4) is 28.3 Å². The van der Waals surface area contributed by atoms with Crippen molar-refractivity contribution in [1.29, 1.82) is 0 Å². The standard InChI is InChI=1S/C32H28Cl2FN5O6/c1-38-14-19(30(42)39(2)32(38)45)28(41)36-21-6-4-5-18(26(21)33)25-20(35)9-8-17(27(25)34)22-11-15-7-10-23(24(15)29(37-22)46-3)40-12-16(13-40)31(43)44/h4-6,8-9,11,14,16,23H,7,10,12-13H2,1-3H3,(H,36,41)(H,43,44)/t23-/m1/s1. The van der Waals surface area contributed by atoms with Gasteiger partial charge >= 0.3 is 11.7 Å². The van der Waals surface area contributed by atoms with Gasteiger partial charge in [-0.15, -0.1) is 0 Å². The van der Waals surface area contributed by atoms with E-state index in [1.807, 2.05) is 6.07 Å². The Labute approximate surface area is 271 Å². The third-order valence-electron chi connectivity index (χ3n) is 8.60. The molecule has 1 aliphatic carbocycles. The molecule has 2 aromatic carbocycles. The van der Waals surface area contributed by atoms with Crippen molar-refractivity contribution in [2.75, 3.05) is 25.5 Å². The number of fused-ring (bicyclic) bond motifs is 1. The molecular weight excluding hydrogens is 640 g/mol. The van der Waals surface area contributed by atoms with Crippen molar-refractivity contribution in [1.82, 2.24) is 19.0 Å². The minimum atomic E-state index is -0.806. The Kier molecular flexibility index (Phi) is 8.21. The van der Waals surface area contributed by atoms with E-state index in [2.05, 4.69) is 10.2 Å². The number of rotatable bonds is 7. The fourth-order valence-electron chi connectivity index (χ4n) is 6.14. The fourth-order valence-corrected chi connectivity index (χ4v) is 6.76. The molecule has 3 heterocycles. The fraction of sp³-hybridized carbons (Fsp3) is 0.281. The van der Waals surface area contributed by atoms with Crippen LogP contribution in [0.25, 0.3) is 22.4 Å². The summed E-state index contributed by atoms with van der Waals surface area (Å²) in [6.45, 7) is 0.916. The van der Waals surface area contributed by atoms with Crippen LogP contribution in [-0.2, 0) is 25.3 Å². The number of methoxy groups -OCH3 is 1. The number of carboxylic acid groups (broad SMARTS) is 1. The van der Waals surface area contributed by atoms with Crippen LogP contribution in [0, 0.1) is 11.7 Å². The third-order valence-corrected chi connectivity index (χ3v) is 9.40. The van der Waals surface area contributed by atoms with E-state index in [0.29, 0.717) is 30.2 Å². The summed E-state index contributed by atoms with van der Waals surface area (Å²) in [5.74, 6) is -2.27. The number of aryl methyl sites for hydroxylation is 2. The van der Waals surface area contributed by atoms with E-state index in [9.17, 15) is 24.3 Å². The molecule has 0 unspecified atom stereocenters. The van der Waals surface area contributed by atoms with Crippen LogP contribution in [0.15, 0.2) is 52.2 Å². The van der Waals surface area contributed by atoms with Crippen LogP contribution in [-0.4, -0.2) is 56.2 Å². The number of carboxylic acids is 1. The highest BCUT2D eigenvalue weighted by molar-refractivity contribution is 6.39. The first-order valence-electron chi connectivity index (χ1n) is 14.3. The molecular formula is C32H28Cl2FN5O6. The lowest BCUT2D eigenvalue weighted by Crippen LogP contribution is -2.51. The Hall–Kier alpha value is -4.52. The molecule has 2 aromatic heterocycles. The van der Waals surface area contributed by atoms with Gasteiger partial charge in [0.05, 0.1) is 34.5 Å². The van der Waals surface area contributed by atoms with Crippen LogP contribution >= 0.6 is 23.2 Å². The number of nitrogens with one attached hydrogen (secondary N) is 1. The van der Waals surface area contributed by atoms with Gasteiger partial charge in [-0.25, -0.2) is 14.2 Å². The Bertz CT molecular complexity index is 2060. The van der Waals surface area contributed by atoms with Crippen LogP contribution in [0.3, 0.4) is 0 Å². The van der Waals surface area contributed by atoms with E-state index >= 15 is 4.39 Å².